The van der Waals surface area contributed by atoms with E-state index < -0.39 is 0 Å². The van der Waals surface area contributed by atoms with Crippen LogP contribution in [0.5, 0.6) is 5.75 Å². The molecule has 5 rings (SSSR count). The van der Waals surface area contributed by atoms with E-state index in [4.69, 9.17) is 32.7 Å². The summed E-state index contributed by atoms with van der Waals surface area (Å²) >= 11 is 12.8. The normalized spacial score (nSPS) is 20.2. The molecule has 1 saturated carbocycles. The van der Waals surface area contributed by atoms with Crippen molar-refractivity contribution in [2.24, 2.45) is 11.8 Å². The Morgan fingerprint density at radius 1 is 1.12 bits per heavy atom. The Labute approximate surface area is 202 Å². The molecule has 3 nitrogen and oxygen atoms in total. The molecular formula is C27H23Cl2FO3. The van der Waals surface area contributed by atoms with Gasteiger partial charge in [-0.25, -0.2) is 4.39 Å². The van der Waals surface area contributed by atoms with E-state index in [2.05, 4.69) is 0 Å². The molecule has 6 heteroatoms. The van der Waals surface area contributed by atoms with Crippen molar-refractivity contribution in [2.75, 3.05) is 6.61 Å². The first-order valence-corrected chi connectivity index (χ1v) is 11.8. The van der Waals surface area contributed by atoms with Crippen molar-refractivity contribution in [1.29, 1.82) is 0 Å². The van der Waals surface area contributed by atoms with E-state index in [-0.39, 0.29) is 30.2 Å². The van der Waals surface area contributed by atoms with E-state index in [1.807, 2.05) is 32.0 Å². The van der Waals surface area contributed by atoms with Gasteiger partial charge in [-0.15, -0.1) is 0 Å². The second-order valence-corrected chi connectivity index (χ2v) is 9.43. The van der Waals surface area contributed by atoms with Crippen LogP contribution < -0.4 is 4.74 Å². The first kappa shape index (κ1) is 22.2. The summed E-state index contributed by atoms with van der Waals surface area (Å²) in [6.07, 6.45) is 0.842. The van der Waals surface area contributed by atoms with E-state index in [0.717, 1.165) is 17.5 Å². The van der Waals surface area contributed by atoms with Gasteiger partial charge in [0, 0.05) is 27.1 Å². The van der Waals surface area contributed by atoms with Crippen molar-refractivity contribution in [3.8, 4) is 16.9 Å². The minimum Gasteiger partial charge on any atom is -0.489 e. The summed E-state index contributed by atoms with van der Waals surface area (Å²) in [6.45, 7) is 4.18. The average molecular weight is 485 g/mol. The maximum atomic E-state index is 14.7. The van der Waals surface area contributed by atoms with E-state index in [1.165, 1.54) is 17.2 Å². The Hall–Kier alpha value is -2.56. The van der Waals surface area contributed by atoms with E-state index in [1.54, 1.807) is 24.3 Å². The highest BCUT2D eigenvalue weighted by Crippen LogP contribution is 2.62. The van der Waals surface area contributed by atoms with E-state index in [0.29, 0.717) is 39.4 Å². The molecule has 0 bridgehead atoms. The molecule has 3 aromatic rings. The highest BCUT2D eigenvalue weighted by atomic mass is 35.5. The minimum absolute atomic E-state index is 0.0136. The topological polar surface area (TPSA) is 35.5 Å². The Bertz CT molecular complexity index is 1240. The van der Waals surface area contributed by atoms with Crippen LogP contribution in [0.4, 0.5) is 4.39 Å². The number of hydrogen-bond donors (Lipinski definition) is 0. The highest BCUT2D eigenvalue weighted by molar-refractivity contribution is 6.39. The van der Waals surface area contributed by atoms with E-state index >= 15 is 0 Å². The summed E-state index contributed by atoms with van der Waals surface area (Å²) in [5, 5.41) is 1.03. The van der Waals surface area contributed by atoms with Gasteiger partial charge in [-0.3, -0.25) is 4.79 Å². The first-order chi connectivity index (χ1) is 15.9. The number of halogens is 3. The average Bonchev–Trinajstić information content (AvgIpc) is 3.37. The lowest BCUT2D eigenvalue weighted by Gasteiger charge is -2.16. The lowest BCUT2D eigenvalue weighted by molar-refractivity contribution is -0.145. The van der Waals surface area contributed by atoms with Gasteiger partial charge in [0.1, 0.15) is 18.2 Å². The molecule has 0 unspecified atom stereocenters. The largest absolute Gasteiger partial charge is 0.489 e. The van der Waals surface area contributed by atoms with Gasteiger partial charge in [0.25, 0.3) is 0 Å². The third-order valence-corrected chi connectivity index (χ3v) is 7.44. The van der Waals surface area contributed by atoms with Gasteiger partial charge in [0.2, 0.25) is 0 Å². The molecule has 2 aliphatic rings. The SMILES string of the molecule is CCOC(=O)[C@H]1[C@@H]2Cc3cc(OCc4c(F)ccc(-c5c(Cl)cccc5Cl)c4C)ccc3[C@@H]21. The van der Waals surface area contributed by atoms with Crippen molar-refractivity contribution >= 4 is 29.2 Å². The smallest absolute Gasteiger partial charge is 0.309 e. The number of carbonyl (C=O) groups excluding carboxylic acids is 1. The summed E-state index contributed by atoms with van der Waals surface area (Å²) in [6, 6.07) is 14.4. The van der Waals surface area contributed by atoms with Crippen LogP contribution in [0.15, 0.2) is 48.5 Å². The summed E-state index contributed by atoms with van der Waals surface area (Å²) in [5.74, 6) is 0.820. The predicted octanol–water partition coefficient (Wildman–Crippen LogP) is 7.14. The molecule has 170 valence electrons. The molecule has 1 fully saturated rings. The van der Waals surface area contributed by atoms with Gasteiger partial charge >= 0.3 is 5.97 Å². The molecule has 3 aromatic carbocycles. The summed E-state index contributed by atoms with van der Waals surface area (Å²) in [7, 11) is 0. The van der Waals surface area contributed by atoms with Crippen LogP contribution in [0.2, 0.25) is 10.0 Å². The third kappa shape index (κ3) is 3.89. The van der Waals surface area contributed by atoms with Crippen molar-refractivity contribution in [2.45, 2.75) is 32.8 Å². The monoisotopic (exact) mass is 484 g/mol. The number of esters is 1. The maximum absolute atomic E-state index is 14.7. The van der Waals surface area contributed by atoms with Crippen LogP contribution in [0.3, 0.4) is 0 Å². The van der Waals surface area contributed by atoms with Gasteiger partial charge in [-0.2, -0.15) is 0 Å². The molecule has 0 aliphatic heterocycles. The molecule has 3 atom stereocenters. The third-order valence-electron chi connectivity index (χ3n) is 6.81. The second-order valence-electron chi connectivity index (χ2n) is 8.62. The second kappa shape index (κ2) is 8.66. The van der Waals surface area contributed by atoms with Crippen molar-refractivity contribution in [1.82, 2.24) is 0 Å². The fraction of sp³-hybridized carbons (Fsp3) is 0.296. The molecule has 0 N–H and O–H groups in total. The fourth-order valence-electron chi connectivity index (χ4n) is 5.12. The highest BCUT2D eigenvalue weighted by Gasteiger charge is 2.60. The molecule has 0 aromatic heterocycles. The molecule has 0 amide bonds. The van der Waals surface area contributed by atoms with Gasteiger partial charge < -0.3 is 9.47 Å². The van der Waals surface area contributed by atoms with Crippen LogP contribution >= 0.6 is 23.2 Å². The van der Waals surface area contributed by atoms with Gasteiger partial charge in [-0.1, -0.05) is 41.4 Å². The quantitative estimate of drug-likeness (QED) is 0.349. The predicted molar refractivity (Wildman–Crippen MR) is 127 cm³/mol. The summed E-state index contributed by atoms with van der Waals surface area (Å²) < 4.78 is 25.9. The summed E-state index contributed by atoms with van der Waals surface area (Å²) in [4.78, 5) is 12.1. The lowest BCUT2D eigenvalue weighted by atomic mass is 9.96. The Morgan fingerprint density at radius 3 is 2.61 bits per heavy atom. The molecule has 0 heterocycles. The lowest BCUT2D eigenvalue weighted by Crippen LogP contribution is -2.11. The standard InChI is InChI=1S/C27H23Cl2FO3/c1-3-32-27(31)26-19-12-15-11-16(7-8-18(15)24(19)26)33-13-20-14(2)17(9-10-23(20)30)25-21(28)5-4-6-22(25)29/h4-11,19,24,26H,3,12-13H2,1-2H3/t19-,24+,26+/m1/s1. The Balaban J connectivity index is 1.35. The van der Waals surface area contributed by atoms with E-state index in [9.17, 15) is 9.18 Å². The minimum atomic E-state index is -0.334. The van der Waals surface area contributed by atoms with Crippen molar-refractivity contribution < 1.29 is 18.7 Å². The van der Waals surface area contributed by atoms with Gasteiger partial charge in [0.05, 0.1) is 12.5 Å². The van der Waals surface area contributed by atoms with Crippen molar-refractivity contribution in [3.05, 3.63) is 86.6 Å². The van der Waals surface area contributed by atoms with Crippen molar-refractivity contribution in [3.63, 3.8) is 0 Å². The molecule has 0 spiro atoms. The Morgan fingerprint density at radius 2 is 1.88 bits per heavy atom. The zero-order valence-electron chi connectivity index (χ0n) is 18.3. The Kier molecular flexibility index (Phi) is 5.84. The molecular weight excluding hydrogens is 462 g/mol. The summed E-state index contributed by atoms with van der Waals surface area (Å²) in [5.41, 5.74) is 5.07. The number of carbonyl (C=O) groups is 1. The maximum Gasteiger partial charge on any atom is 0.309 e. The zero-order chi connectivity index (χ0) is 23.3. The number of rotatable bonds is 6. The first-order valence-electron chi connectivity index (χ1n) is 11.0. The van der Waals surface area contributed by atoms with Crippen LogP contribution in [0.25, 0.3) is 11.1 Å². The molecule has 2 aliphatic carbocycles. The van der Waals surface area contributed by atoms with Crippen LogP contribution in [-0.4, -0.2) is 12.6 Å². The number of hydrogen-bond acceptors (Lipinski definition) is 3. The van der Waals surface area contributed by atoms with Crippen LogP contribution in [0.1, 0.15) is 35.1 Å². The molecule has 0 saturated heterocycles. The molecule has 0 radical (unpaired) electrons. The van der Waals surface area contributed by atoms with Gasteiger partial charge in [-0.05, 0) is 78.8 Å². The van der Waals surface area contributed by atoms with Crippen LogP contribution in [0, 0.1) is 24.6 Å². The fourth-order valence-corrected chi connectivity index (χ4v) is 5.72. The molecule has 33 heavy (non-hydrogen) atoms. The number of benzene rings is 3. The zero-order valence-corrected chi connectivity index (χ0v) is 19.8. The van der Waals surface area contributed by atoms with Crippen LogP contribution in [-0.2, 0) is 22.6 Å². The van der Waals surface area contributed by atoms with Gasteiger partial charge in [0.15, 0.2) is 0 Å². The number of ether oxygens (including phenoxy) is 2. The number of fused-ring (bicyclic) bond motifs is 3.